The number of hydrogen-bond donors (Lipinski definition) is 2. The molecular weight excluding hydrogens is 180 g/mol. The highest BCUT2D eigenvalue weighted by Gasteiger charge is 2.17. The summed E-state index contributed by atoms with van der Waals surface area (Å²) in [5.74, 6) is 0.0717. The van der Waals surface area contributed by atoms with Crippen LogP contribution in [0, 0.1) is 0 Å². The highest BCUT2D eigenvalue weighted by atomic mass is 16.2. The first-order valence-corrected chi connectivity index (χ1v) is 4.87. The number of aromatic nitrogens is 2. The minimum Gasteiger partial charge on any atom is -0.337 e. The lowest BCUT2D eigenvalue weighted by molar-refractivity contribution is 0.0766. The number of carbonyl (C=O) groups is 1. The Kier molecular flexibility index (Phi) is 2.78. The molecule has 1 aromatic rings. The Hall–Kier alpha value is -1.36. The van der Waals surface area contributed by atoms with Crippen molar-refractivity contribution in [1.29, 1.82) is 0 Å². The molecule has 5 heteroatoms. The Bertz CT molecular complexity index is 288. The maximum Gasteiger partial charge on any atom is 0.257 e. The van der Waals surface area contributed by atoms with E-state index in [-0.39, 0.29) is 5.91 Å². The van der Waals surface area contributed by atoms with Gasteiger partial charge in [-0.05, 0) is 13.0 Å². The van der Waals surface area contributed by atoms with Crippen LogP contribution in [0.2, 0.25) is 0 Å². The average Bonchev–Trinajstić information content (AvgIpc) is 2.59. The van der Waals surface area contributed by atoms with Gasteiger partial charge in [0.05, 0.1) is 11.8 Å². The second kappa shape index (κ2) is 4.23. The van der Waals surface area contributed by atoms with E-state index in [2.05, 4.69) is 15.5 Å². The Morgan fingerprint density at radius 2 is 2.36 bits per heavy atom. The molecule has 0 spiro atoms. The molecule has 76 valence electrons. The molecule has 1 amide bonds. The van der Waals surface area contributed by atoms with Crippen molar-refractivity contribution in [3.8, 4) is 0 Å². The van der Waals surface area contributed by atoms with E-state index in [0.717, 1.165) is 32.6 Å². The molecule has 0 atom stereocenters. The quantitative estimate of drug-likeness (QED) is 0.653. The molecule has 1 aliphatic rings. The molecule has 0 aromatic carbocycles. The van der Waals surface area contributed by atoms with Gasteiger partial charge in [-0.3, -0.25) is 9.89 Å². The van der Waals surface area contributed by atoms with E-state index < -0.39 is 0 Å². The summed E-state index contributed by atoms with van der Waals surface area (Å²) in [5, 5.41) is 9.69. The smallest absolute Gasteiger partial charge is 0.257 e. The maximum absolute atomic E-state index is 11.9. The second-order valence-electron chi connectivity index (χ2n) is 3.38. The Morgan fingerprint density at radius 3 is 3.14 bits per heavy atom. The van der Waals surface area contributed by atoms with Crippen molar-refractivity contribution in [2.24, 2.45) is 0 Å². The van der Waals surface area contributed by atoms with Gasteiger partial charge in [-0.25, -0.2) is 0 Å². The summed E-state index contributed by atoms with van der Waals surface area (Å²) < 4.78 is 0. The molecule has 2 N–H and O–H groups in total. The minimum absolute atomic E-state index is 0.0717. The largest absolute Gasteiger partial charge is 0.337 e. The third-order valence-corrected chi connectivity index (χ3v) is 2.37. The van der Waals surface area contributed by atoms with Gasteiger partial charge in [-0.1, -0.05) is 0 Å². The lowest BCUT2D eigenvalue weighted by Gasteiger charge is -2.18. The van der Waals surface area contributed by atoms with Crippen LogP contribution in [0.5, 0.6) is 0 Å². The molecule has 1 fully saturated rings. The fraction of sp³-hybridized carbons (Fsp3) is 0.556. The summed E-state index contributed by atoms with van der Waals surface area (Å²) >= 11 is 0. The van der Waals surface area contributed by atoms with E-state index in [1.54, 1.807) is 12.4 Å². The summed E-state index contributed by atoms with van der Waals surface area (Å²) in [6.45, 7) is 3.49. The molecule has 0 unspecified atom stereocenters. The molecule has 1 aliphatic heterocycles. The molecule has 0 aliphatic carbocycles. The van der Waals surface area contributed by atoms with Crippen LogP contribution in [0.3, 0.4) is 0 Å². The first-order valence-electron chi connectivity index (χ1n) is 4.87. The monoisotopic (exact) mass is 194 g/mol. The van der Waals surface area contributed by atoms with E-state index in [0.29, 0.717) is 5.56 Å². The molecule has 5 nitrogen and oxygen atoms in total. The van der Waals surface area contributed by atoms with Gasteiger partial charge in [0.1, 0.15) is 0 Å². The van der Waals surface area contributed by atoms with Crippen LogP contribution in [0.25, 0.3) is 0 Å². The number of rotatable bonds is 1. The zero-order valence-corrected chi connectivity index (χ0v) is 7.99. The summed E-state index contributed by atoms with van der Waals surface area (Å²) in [6.07, 6.45) is 4.23. The fourth-order valence-corrected chi connectivity index (χ4v) is 1.60. The van der Waals surface area contributed by atoms with Crippen molar-refractivity contribution in [1.82, 2.24) is 20.4 Å². The van der Waals surface area contributed by atoms with Gasteiger partial charge < -0.3 is 10.2 Å². The lowest BCUT2D eigenvalue weighted by Crippen LogP contribution is -2.33. The second-order valence-corrected chi connectivity index (χ2v) is 3.38. The normalized spacial score (nSPS) is 17.9. The van der Waals surface area contributed by atoms with Gasteiger partial charge in [0.2, 0.25) is 0 Å². The average molecular weight is 194 g/mol. The maximum atomic E-state index is 11.9. The van der Waals surface area contributed by atoms with Gasteiger partial charge in [-0.2, -0.15) is 5.10 Å². The first-order chi connectivity index (χ1) is 6.88. The Labute approximate surface area is 82.5 Å². The van der Waals surface area contributed by atoms with Crippen LogP contribution >= 0.6 is 0 Å². The highest BCUT2D eigenvalue weighted by molar-refractivity contribution is 5.93. The van der Waals surface area contributed by atoms with Gasteiger partial charge in [-0.15, -0.1) is 0 Å². The number of amides is 1. The molecular formula is C9H14N4O. The summed E-state index contributed by atoms with van der Waals surface area (Å²) in [4.78, 5) is 13.7. The van der Waals surface area contributed by atoms with Gasteiger partial charge in [0, 0.05) is 25.8 Å². The van der Waals surface area contributed by atoms with Crippen LogP contribution in [0.15, 0.2) is 12.4 Å². The topological polar surface area (TPSA) is 61.0 Å². The van der Waals surface area contributed by atoms with Crippen molar-refractivity contribution in [3.05, 3.63) is 18.0 Å². The number of carbonyl (C=O) groups excluding carboxylic acids is 1. The molecule has 1 saturated heterocycles. The fourth-order valence-electron chi connectivity index (χ4n) is 1.60. The van der Waals surface area contributed by atoms with E-state index in [9.17, 15) is 4.79 Å². The highest BCUT2D eigenvalue weighted by Crippen LogP contribution is 2.04. The zero-order chi connectivity index (χ0) is 9.80. The Balaban J connectivity index is 2.03. The SMILES string of the molecule is O=C(c1cn[nH]c1)N1CCCNCC1. The van der Waals surface area contributed by atoms with Gasteiger partial charge in [0.25, 0.3) is 5.91 Å². The van der Waals surface area contributed by atoms with Crippen LogP contribution in [0.1, 0.15) is 16.8 Å². The van der Waals surface area contributed by atoms with E-state index in [4.69, 9.17) is 0 Å². The van der Waals surface area contributed by atoms with Crippen molar-refractivity contribution in [2.45, 2.75) is 6.42 Å². The van der Waals surface area contributed by atoms with Crippen molar-refractivity contribution < 1.29 is 4.79 Å². The molecule has 1 aromatic heterocycles. The third-order valence-electron chi connectivity index (χ3n) is 2.37. The number of nitrogens with one attached hydrogen (secondary N) is 2. The molecule has 0 bridgehead atoms. The minimum atomic E-state index is 0.0717. The predicted octanol–water partition coefficient (Wildman–Crippen LogP) is -0.155. The molecule has 2 heterocycles. The molecule has 0 saturated carbocycles. The van der Waals surface area contributed by atoms with E-state index in [1.165, 1.54) is 0 Å². The Morgan fingerprint density at radius 1 is 1.43 bits per heavy atom. The van der Waals surface area contributed by atoms with Crippen LogP contribution in [-0.2, 0) is 0 Å². The number of nitrogens with zero attached hydrogens (tertiary/aromatic N) is 2. The summed E-state index contributed by atoms with van der Waals surface area (Å²) in [6, 6.07) is 0. The van der Waals surface area contributed by atoms with Gasteiger partial charge >= 0.3 is 0 Å². The lowest BCUT2D eigenvalue weighted by atomic mass is 10.3. The van der Waals surface area contributed by atoms with Crippen molar-refractivity contribution in [2.75, 3.05) is 26.2 Å². The predicted molar refractivity (Wildman–Crippen MR) is 52.0 cm³/mol. The van der Waals surface area contributed by atoms with E-state index >= 15 is 0 Å². The standard InChI is InChI=1S/C9H14N4O/c14-9(8-6-11-12-7-8)13-4-1-2-10-3-5-13/h6-7,10H,1-5H2,(H,11,12). The summed E-state index contributed by atoms with van der Waals surface area (Å²) in [7, 11) is 0. The third kappa shape index (κ3) is 1.93. The van der Waals surface area contributed by atoms with Crippen LogP contribution in [0.4, 0.5) is 0 Å². The molecule has 0 radical (unpaired) electrons. The number of hydrogen-bond acceptors (Lipinski definition) is 3. The van der Waals surface area contributed by atoms with Gasteiger partial charge in [0.15, 0.2) is 0 Å². The first kappa shape index (κ1) is 9.21. The van der Waals surface area contributed by atoms with Crippen molar-refractivity contribution >= 4 is 5.91 Å². The summed E-state index contributed by atoms with van der Waals surface area (Å²) in [5.41, 5.74) is 0.645. The number of aromatic amines is 1. The molecule has 2 rings (SSSR count). The van der Waals surface area contributed by atoms with Crippen LogP contribution < -0.4 is 5.32 Å². The van der Waals surface area contributed by atoms with Crippen LogP contribution in [-0.4, -0.2) is 47.2 Å². The molecule has 14 heavy (non-hydrogen) atoms. The van der Waals surface area contributed by atoms with Crippen molar-refractivity contribution in [3.63, 3.8) is 0 Å². The zero-order valence-electron chi connectivity index (χ0n) is 7.99. The van der Waals surface area contributed by atoms with E-state index in [1.807, 2.05) is 4.90 Å². The number of H-pyrrole nitrogens is 1.